The third-order valence-corrected chi connectivity index (χ3v) is 6.71. The Balaban J connectivity index is 1.67. The van der Waals surface area contributed by atoms with Gasteiger partial charge >= 0.3 is 0 Å². The number of amides is 2. The van der Waals surface area contributed by atoms with Gasteiger partial charge in [-0.15, -0.1) is 10.2 Å². The Bertz CT molecular complexity index is 1490. The first kappa shape index (κ1) is 24.5. The minimum atomic E-state index is -0.238. The molecule has 0 saturated heterocycles. The van der Waals surface area contributed by atoms with Gasteiger partial charge in [0.2, 0.25) is 11.7 Å². The SMILES string of the molecule is CCC(C)NC(=O)c1ccc2c(=O)n(C)c3nnc(SCC(=O)Nc4cc(C)cc(C)c4)n3c2c1. The van der Waals surface area contributed by atoms with E-state index in [0.29, 0.717) is 27.4 Å². The molecule has 1 unspecified atom stereocenters. The molecule has 0 radical (unpaired) electrons. The summed E-state index contributed by atoms with van der Waals surface area (Å²) in [5, 5.41) is 15.1. The molecule has 10 heteroatoms. The second kappa shape index (κ2) is 9.91. The molecule has 9 nitrogen and oxygen atoms in total. The van der Waals surface area contributed by atoms with Crippen LogP contribution in [0.4, 0.5) is 5.69 Å². The lowest BCUT2D eigenvalue weighted by Gasteiger charge is -2.13. The zero-order valence-electron chi connectivity index (χ0n) is 20.4. The summed E-state index contributed by atoms with van der Waals surface area (Å²) in [7, 11) is 1.62. The second-order valence-corrected chi connectivity index (χ2v) is 9.65. The number of hydrogen-bond acceptors (Lipinski definition) is 6. The number of carbonyl (C=O) groups excluding carboxylic acids is 2. The van der Waals surface area contributed by atoms with E-state index in [2.05, 4.69) is 20.8 Å². The lowest BCUT2D eigenvalue weighted by molar-refractivity contribution is -0.113. The Kier molecular flexibility index (Phi) is 6.93. The number of carbonyl (C=O) groups is 2. The lowest BCUT2D eigenvalue weighted by atomic mass is 10.1. The number of nitrogens with zero attached hydrogens (tertiary/aromatic N) is 4. The van der Waals surface area contributed by atoms with E-state index in [1.165, 1.54) is 16.3 Å². The van der Waals surface area contributed by atoms with E-state index >= 15 is 0 Å². The summed E-state index contributed by atoms with van der Waals surface area (Å²) in [5.41, 5.74) is 3.59. The van der Waals surface area contributed by atoms with Crippen LogP contribution in [0, 0.1) is 13.8 Å². The second-order valence-electron chi connectivity index (χ2n) is 8.71. The fourth-order valence-corrected chi connectivity index (χ4v) is 4.62. The first-order valence-corrected chi connectivity index (χ1v) is 12.4. The van der Waals surface area contributed by atoms with E-state index in [4.69, 9.17) is 0 Å². The fraction of sp³-hybridized carbons (Fsp3) is 0.320. The van der Waals surface area contributed by atoms with E-state index in [-0.39, 0.29) is 29.2 Å². The van der Waals surface area contributed by atoms with E-state index in [1.807, 2.05) is 45.9 Å². The van der Waals surface area contributed by atoms with Crippen molar-refractivity contribution in [3.8, 4) is 0 Å². The maximum Gasteiger partial charge on any atom is 0.262 e. The van der Waals surface area contributed by atoms with Crippen molar-refractivity contribution in [2.24, 2.45) is 7.05 Å². The van der Waals surface area contributed by atoms with Gasteiger partial charge in [0.05, 0.1) is 16.7 Å². The number of fused-ring (bicyclic) bond motifs is 3. The number of aryl methyl sites for hydroxylation is 3. The highest BCUT2D eigenvalue weighted by atomic mass is 32.2. The maximum atomic E-state index is 12.9. The molecule has 1 atom stereocenters. The monoisotopic (exact) mass is 492 g/mol. The van der Waals surface area contributed by atoms with Crippen LogP contribution in [-0.4, -0.2) is 42.8 Å². The lowest BCUT2D eigenvalue weighted by Crippen LogP contribution is -2.32. The van der Waals surface area contributed by atoms with Crippen LogP contribution >= 0.6 is 11.8 Å². The Hall–Kier alpha value is -3.66. The van der Waals surface area contributed by atoms with Crippen molar-refractivity contribution in [1.29, 1.82) is 0 Å². The largest absolute Gasteiger partial charge is 0.350 e. The van der Waals surface area contributed by atoms with Gasteiger partial charge in [0.1, 0.15) is 0 Å². The molecule has 4 aromatic rings. The summed E-state index contributed by atoms with van der Waals surface area (Å²) >= 11 is 1.21. The van der Waals surface area contributed by atoms with Crippen molar-refractivity contribution < 1.29 is 9.59 Å². The van der Waals surface area contributed by atoms with Crippen LogP contribution in [0.5, 0.6) is 0 Å². The number of hydrogen-bond donors (Lipinski definition) is 2. The van der Waals surface area contributed by atoms with E-state index < -0.39 is 0 Å². The highest BCUT2D eigenvalue weighted by molar-refractivity contribution is 7.99. The smallest absolute Gasteiger partial charge is 0.262 e. The number of aromatic nitrogens is 4. The predicted octanol–water partition coefficient (Wildman–Crippen LogP) is 3.46. The van der Waals surface area contributed by atoms with Gasteiger partial charge in [0.25, 0.3) is 11.5 Å². The van der Waals surface area contributed by atoms with Gasteiger partial charge in [0.15, 0.2) is 5.16 Å². The summed E-state index contributed by atoms with van der Waals surface area (Å²) in [4.78, 5) is 38.2. The Morgan fingerprint density at radius 2 is 1.80 bits per heavy atom. The molecule has 0 spiro atoms. The number of nitrogens with one attached hydrogen (secondary N) is 2. The molecule has 2 N–H and O–H groups in total. The maximum absolute atomic E-state index is 12.9. The van der Waals surface area contributed by atoms with Gasteiger partial charge in [-0.1, -0.05) is 24.8 Å². The van der Waals surface area contributed by atoms with Crippen LogP contribution in [0.25, 0.3) is 16.7 Å². The fourth-order valence-electron chi connectivity index (χ4n) is 3.88. The number of anilines is 1. The quantitative estimate of drug-likeness (QED) is 0.382. The Labute approximate surface area is 206 Å². The summed E-state index contributed by atoms with van der Waals surface area (Å²) in [5.74, 6) is 0.0376. The highest BCUT2D eigenvalue weighted by Gasteiger charge is 2.18. The van der Waals surface area contributed by atoms with Gasteiger partial charge in [0, 0.05) is 24.3 Å². The molecule has 0 aliphatic heterocycles. The summed E-state index contributed by atoms with van der Waals surface area (Å²) in [6.07, 6.45) is 0.806. The van der Waals surface area contributed by atoms with Gasteiger partial charge in [-0.2, -0.15) is 0 Å². The van der Waals surface area contributed by atoms with Crippen LogP contribution in [0.1, 0.15) is 41.8 Å². The average Bonchev–Trinajstić information content (AvgIpc) is 3.24. The first-order valence-electron chi connectivity index (χ1n) is 11.4. The third kappa shape index (κ3) is 5.07. The van der Waals surface area contributed by atoms with E-state index in [9.17, 15) is 14.4 Å². The van der Waals surface area contributed by atoms with Crippen molar-refractivity contribution in [3.05, 3.63) is 63.4 Å². The molecule has 35 heavy (non-hydrogen) atoms. The standard InChI is InChI=1S/C25H28N6O3S/c1-6-16(4)26-22(33)17-7-8-19-20(12-17)31-24(30(5)23(19)34)28-29-25(31)35-13-21(32)27-18-10-14(2)9-15(3)11-18/h7-12,16H,6,13H2,1-5H3,(H,26,33)(H,27,32). The van der Waals surface area contributed by atoms with Crippen LogP contribution in [0.2, 0.25) is 0 Å². The summed E-state index contributed by atoms with van der Waals surface area (Å²) in [6.45, 7) is 7.89. The summed E-state index contributed by atoms with van der Waals surface area (Å²) < 4.78 is 3.12. The molecule has 2 aromatic carbocycles. The zero-order valence-corrected chi connectivity index (χ0v) is 21.2. The molecule has 2 heterocycles. The van der Waals surface area contributed by atoms with E-state index in [1.54, 1.807) is 29.6 Å². The Morgan fingerprint density at radius 1 is 1.09 bits per heavy atom. The molecule has 0 bridgehead atoms. The highest BCUT2D eigenvalue weighted by Crippen LogP contribution is 2.23. The molecular formula is C25H28N6O3S. The van der Waals surface area contributed by atoms with Crippen molar-refractivity contribution >= 4 is 45.9 Å². The molecule has 0 fully saturated rings. The molecule has 2 aromatic heterocycles. The third-order valence-electron chi connectivity index (χ3n) is 5.78. The normalized spacial score (nSPS) is 12.1. The predicted molar refractivity (Wildman–Crippen MR) is 138 cm³/mol. The van der Waals surface area contributed by atoms with Crippen LogP contribution in [-0.2, 0) is 11.8 Å². The summed E-state index contributed by atoms with van der Waals surface area (Å²) in [6, 6.07) is 10.9. The molecule has 182 valence electrons. The molecule has 0 aliphatic carbocycles. The molecule has 2 amide bonds. The van der Waals surface area contributed by atoms with Crippen LogP contribution in [0.3, 0.4) is 0 Å². The number of benzene rings is 2. The number of thioether (sulfide) groups is 1. The van der Waals surface area contributed by atoms with Crippen molar-refractivity contribution in [2.45, 2.75) is 45.3 Å². The minimum absolute atomic E-state index is 0.0265. The van der Waals surface area contributed by atoms with Crippen molar-refractivity contribution in [1.82, 2.24) is 24.5 Å². The molecule has 0 saturated carbocycles. The van der Waals surface area contributed by atoms with Gasteiger partial charge in [-0.05, 0) is 68.7 Å². The molecule has 0 aliphatic rings. The zero-order chi connectivity index (χ0) is 25.3. The molecular weight excluding hydrogens is 464 g/mol. The van der Waals surface area contributed by atoms with Gasteiger partial charge in [-0.25, -0.2) is 0 Å². The average molecular weight is 493 g/mol. The van der Waals surface area contributed by atoms with Crippen molar-refractivity contribution in [2.75, 3.05) is 11.1 Å². The Morgan fingerprint density at radius 3 is 2.49 bits per heavy atom. The van der Waals surface area contributed by atoms with E-state index in [0.717, 1.165) is 23.2 Å². The van der Waals surface area contributed by atoms with Crippen LogP contribution < -0.4 is 16.2 Å². The van der Waals surface area contributed by atoms with Gasteiger partial charge < -0.3 is 10.6 Å². The first-order chi connectivity index (χ1) is 16.7. The van der Waals surface area contributed by atoms with Crippen molar-refractivity contribution in [3.63, 3.8) is 0 Å². The van der Waals surface area contributed by atoms with Gasteiger partial charge in [-0.3, -0.25) is 23.4 Å². The van der Waals surface area contributed by atoms with Crippen LogP contribution in [0.15, 0.2) is 46.3 Å². The minimum Gasteiger partial charge on any atom is -0.350 e. The number of rotatable bonds is 7. The topological polar surface area (TPSA) is 110 Å². The molecule has 4 rings (SSSR count).